The maximum absolute atomic E-state index is 12.9. The molecule has 0 radical (unpaired) electrons. The Labute approximate surface area is 197 Å². The second-order valence-electron chi connectivity index (χ2n) is 7.74. The van der Waals surface area contributed by atoms with Crippen LogP contribution < -0.4 is 5.32 Å². The van der Waals surface area contributed by atoms with E-state index < -0.39 is 10.0 Å². The van der Waals surface area contributed by atoms with Gasteiger partial charge >= 0.3 is 0 Å². The number of carbonyl (C=O) groups excluding carboxylic acids is 1. The fourth-order valence-corrected chi connectivity index (χ4v) is 6.03. The van der Waals surface area contributed by atoms with Crippen LogP contribution in [0.5, 0.6) is 0 Å². The topological polar surface area (TPSA) is 93.5 Å². The third kappa shape index (κ3) is 5.49. The molecule has 0 aliphatic carbocycles. The summed E-state index contributed by atoms with van der Waals surface area (Å²) in [6.07, 6.45) is 0. The molecule has 1 N–H and O–H groups in total. The molecule has 33 heavy (non-hydrogen) atoms. The molecule has 1 atom stereocenters. The van der Waals surface area contributed by atoms with Crippen molar-refractivity contribution in [1.29, 1.82) is 5.26 Å². The van der Waals surface area contributed by atoms with Crippen molar-refractivity contribution in [2.75, 3.05) is 32.7 Å². The summed E-state index contributed by atoms with van der Waals surface area (Å²) in [6, 6.07) is 21.5. The number of benzene rings is 2. The van der Waals surface area contributed by atoms with Gasteiger partial charge in [-0.2, -0.15) is 9.57 Å². The van der Waals surface area contributed by atoms with Crippen LogP contribution in [0, 0.1) is 11.3 Å². The Balaban J connectivity index is 1.35. The van der Waals surface area contributed by atoms with E-state index in [1.807, 2.05) is 58.8 Å². The van der Waals surface area contributed by atoms with Gasteiger partial charge in [-0.25, -0.2) is 8.42 Å². The van der Waals surface area contributed by atoms with E-state index in [4.69, 9.17) is 5.26 Å². The molecule has 4 rings (SSSR count). The SMILES string of the molecule is N#Cc1ccc(S(=O)(=O)N2CCN(CC(=O)N[C@@H](c3ccccc3)c3cccs3)CC2)cc1. The molecule has 1 fully saturated rings. The highest BCUT2D eigenvalue weighted by Crippen LogP contribution is 2.26. The minimum atomic E-state index is -3.63. The molecule has 170 valence electrons. The van der Waals surface area contributed by atoms with Gasteiger partial charge in [0.05, 0.1) is 29.1 Å². The van der Waals surface area contributed by atoms with Crippen molar-refractivity contribution in [3.8, 4) is 6.07 Å². The zero-order valence-electron chi connectivity index (χ0n) is 17.9. The van der Waals surface area contributed by atoms with Crippen LogP contribution in [0.1, 0.15) is 22.0 Å². The third-order valence-electron chi connectivity index (χ3n) is 5.59. The molecule has 0 spiro atoms. The van der Waals surface area contributed by atoms with Gasteiger partial charge in [0.25, 0.3) is 0 Å². The largest absolute Gasteiger partial charge is 0.343 e. The summed E-state index contributed by atoms with van der Waals surface area (Å²) in [4.78, 5) is 16.1. The molecule has 2 heterocycles. The predicted molar refractivity (Wildman–Crippen MR) is 127 cm³/mol. The van der Waals surface area contributed by atoms with Gasteiger partial charge in [-0.15, -0.1) is 11.3 Å². The first-order valence-corrected chi connectivity index (χ1v) is 12.9. The Morgan fingerprint density at radius 3 is 2.30 bits per heavy atom. The van der Waals surface area contributed by atoms with Crippen molar-refractivity contribution in [2.45, 2.75) is 10.9 Å². The van der Waals surface area contributed by atoms with Crippen LogP contribution in [0.15, 0.2) is 77.0 Å². The molecule has 0 unspecified atom stereocenters. The molecule has 3 aromatic rings. The lowest BCUT2D eigenvalue weighted by Gasteiger charge is -2.33. The zero-order chi connectivity index (χ0) is 23.3. The number of thiophene rings is 1. The molecule has 0 saturated carbocycles. The molecule has 2 aromatic carbocycles. The van der Waals surface area contributed by atoms with Crippen molar-refractivity contribution < 1.29 is 13.2 Å². The number of carbonyl (C=O) groups is 1. The van der Waals surface area contributed by atoms with Gasteiger partial charge in [-0.3, -0.25) is 9.69 Å². The van der Waals surface area contributed by atoms with Gasteiger partial charge in [0.2, 0.25) is 15.9 Å². The van der Waals surface area contributed by atoms with E-state index in [9.17, 15) is 13.2 Å². The first-order chi connectivity index (χ1) is 16.0. The predicted octanol–water partition coefficient (Wildman–Crippen LogP) is 2.83. The molecule has 9 heteroatoms. The van der Waals surface area contributed by atoms with Gasteiger partial charge in [0.1, 0.15) is 0 Å². The Morgan fingerprint density at radius 1 is 1.00 bits per heavy atom. The summed E-state index contributed by atoms with van der Waals surface area (Å²) < 4.78 is 27.2. The van der Waals surface area contributed by atoms with Crippen molar-refractivity contribution in [2.24, 2.45) is 0 Å². The number of nitrogens with one attached hydrogen (secondary N) is 1. The summed E-state index contributed by atoms with van der Waals surface area (Å²) in [5.41, 5.74) is 1.44. The quantitative estimate of drug-likeness (QED) is 0.561. The Hall–Kier alpha value is -3.03. The van der Waals surface area contributed by atoms with Gasteiger partial charge in [0, 0.05) is 31.1 Å². The first-order valence-electron chi connectivity index (χ1n) is 10.6. The highest BCUT2D eigenvalue weighted by atomic mass is 32.2. The van der Waals surface area contributed by atoms with E-state index in [-0.39, 0.29) is 23.4 Å². The number of hydrogen-bond acceptors (Lipinski definition) is 6. The van der Waals surface area contributed by atoms with Gasteiger partial charge in [-0.1, -0.05) is 36.4 Å². The van der Waals surface area contributed by atoms with Crippen molar-refractivity contribution in [3.63, 3.8) is 0 Å². The molecule has 1 aromatic heterocycles. The van der Waals surface area contributed by atoms with Gasteiger partial charge in [-0.05, 0) is 41.3 Å². The lowest BCUT2D eigenvalue weighted by Crippen LogP contribution is -2.51. The number of piperazine rings is 1. The number of nitrogens with zero attached hydrogens (tertiary/aromatic N) is 3. The minimum absolute atomic E-state index is 0.0966. The molecule has 1 amide bonds. The van der Waals surface area contributed by atoms with Crippen LogP contribution in [0.3, 0.4) is 0 Å². The van der Waals surface area contributed by atoms with E-state index >= 15 is 0 Å². The number of sulfonamides is 1. The van der Waals surface area contributed by atoms with Crippen LogP contribution in [-0.4, -0.2) is 56.3 Å². The minimum Gasteiger partial charge on any atom is -0.343 e. The van der Waals surface area contributed by atoms with E-state index in [1.165, 1.54) is 28.6 Å². The molecule has 1 aliphatic rings. The van der Waals surface area contributed by atoms with E-state index in [1.54, 1.807) is 11.3 Å². The number of nitriles is 1. The normalized spacial score (nSPS) is 16.1. The molecular weight excluding hydrogens is 456 g/mol. The van der Waals surface area contributed by atoms with Gasteiger partial charge in [0.15, 0.2) is 0 Å². The summed E-state index contributed by atoms with van der Waals surface area (Å²) in [5.74, 6) is -0.0966. The summed E-state index contributed by atoms with van der Waals surface area (Å²) in [5, 5.41) is 14.0. The van der Waals surface area contributed by atoms with Gasteiger partial charge < -0.3 is 5.32 Å². The van der Waals surface area contributed by atoms with E-state index in [2.05, 4.69) is 5.32 Å². The molecule has 1 aliphatic heterocycles. The average Bonchev–Trinajstić information content (AvgIpc) is 3.38. The Morgan fingerprint density at radius 2 is 1.70 bits per heavy atom. The lowest BCUT2D eigenvalue weighted by molar-refractivity contribution is -0.123. The zero-order valence-corrected chi connectivity index (χ0v) is 19.6. The van der Waals surface area contributed by atoms with Crippen LogP contribution >= 0.6 is 11.3 Å². The standard InChI is InChI=1S/C24H24N4O3S2/c25-17-19-8-10-21(11-9-19)33(30,31)28-14-12-27(13-15-28)18-23(29)26-24(22-7-4-16-32-22)20-5-2-1-3-6-20/h1-11,16,24H,12-15,18H2,(H,26,29)/t24-/m0/s1. The number of hydrogen-bond donors (Lipinski definition) is 1. The molecule has 0 bridgehead atoms. The van der Waals surface area contributed by atoms with Crippen LogP contribution in [-0.2, 0) is 14.8 Å². The van der Waals surface area contributed by atoms with Crippen molar-refractivity contribution >= 4 is 27.3 Å². The van der Waals surface area contributed by atoms with Crippen LogP contribution in [0.2, 0.25) is 0 Å². The highest BCUT2D eigenvalue weighted by Gasteiger charge is 2.29. The summed E-state index contributed by atoms with van der Waals surface area (Å²) in [7, 11) is -3.63. The van der Waals surface area contributed by atoms with Crippen LogP contribution in [0.25, 0.3) is 0 Å². The Kier molecular flexibility index (Phi) is 7.20. The Bertz CT molecular complexity index is 1210. The summed E-state index contributed by atoms with van der Waals surface area (Å²) in [6.45, 7) is 1.76. The van der Waals surface area contributed by atoms with E-state index in [0.29, 0.717) is 31.7 Å². The maximum atomic E-state index is 12.9. The number of rotatable bonds is 7. The fraction of sp³-hybridized carbons (Fsp3) is 0.250. The third-order valence-corrected chi connectivity index (χ3v) is 8.44. The smallest absolute Gasteiger partial charge is 0.243 e. The average molecular weight is 481 g/mol. The van der Waals surface area contributed by atoms with Crippen molar-refractivity contribution in [1.82, 2.24) is 14.5 Å². The lowest BCUT2D eigenvalue weighted by atomic mass is 10.1. The second kappa shape index (κ2) is 10.3. The number of amides is 1. The fourth-order valence-electron chi connectivity index (χ4n) is 3.81. The maximum Gasteiger partial charge on any atom is 0.243 e. The van der Waals surface area contributed by atoms with Crippen LogP contribution in [0.4, 0.5) is 0 Å². The monoisotopic (exact) mass is 480 g/mol. The molecule has 7 nitrogen and oxygen atoms in total. The van der Waals surface area contributed by atoms with E-state index in [0.717, 1.165) is 10.4 Å². The summed E-state index contributed by atoms with van der Waals surface area (Å²) >= 11 is 1.60. The van der Waals surface area contributed by atoms with Crippen molar-refractivity contribution in [3.05, 3.63) is 88.1 Å². The highest BCUT2D eigenvalue weighted by molar-refractivity contribution is 7.89. The first kappa shape index (κ1) is 23.1. The molecule has 1 saturated heterocycles. The second-order valence-corrected chi connectivity index (χ2v) is 10.7. The molecular formula is C24H24N4O3S2.